The molecule has 182 valence electrons. The predicted molar refractivity (Wildman–Crippen MR) is 117 cm³/mol. The van der Waals surface area contributed by atoms with Gasteiger partial charge in [0.25, 0.3) is 11.8 Å². The number of rotatable bonds is 4. The molecule has 1 aromatic carbocycles. The van der Waals surface area contributed by atoms with Crippen LogP contribution in [0.4, 0.5) is 19.2 Å². The standard InChI is InChI=1S/C22H26F3N7O2/c1-12-15(19-28-29-21(34-19)31-9-5-6-13(10-26)11-31)20(33)32-18(27-12)16(14-7-3-2-4-8-14)17(30-32)22(23,24)25/h2-4,7-8,13,16-18,27,30H,5-6,9-11,26H2,1H3. The molecule has 2 saturated heterocycles. The Hall–Kier alpha value is -3.12. The molecule has 4 N–H and O–H groups in total. The first kappa shape index (κ1) is 22.7. The molecule has 2 aromatic rings. The molecule has 0 bridgehead atoms. The van der Waals surface area contributed by atoms with E-state index >= 15 is 0 Å². The van der Waals surface area contributed by atoms with Crippen molar-refractivity contribution in [3.63, 3.8) is 0 Å². The second kappa shape index (κ2) is 8.58. The molecule has 9 nitrogen and oxygen atoms in total. The van der Waals surface area contributed by atoms with Gasteiger partial charge in [-0.1, -0.05) is 35.4 Å². The van der Waals surface area contributed by atoms with Crippen LogP contribution in [0.5, 0.6) is 0 Å². The minimum atomic E-state index is -4.57. The number of piperidine rings is 1. The molecule has 0 saturated carbocycles. The van der Waals surface area contributed by atoms with Gasteiger partial charge < -0.3 is 20.4 Å². The molecular formula is C22H26F3N7O2. The Balaban J connectivity index is 1.45. The Kier molecular flexibility index (Phi) is 5.72. The molecule has 34 heavy (non-hydrogen) atoms. The van der Waals surface area contributed by atoms with E-state index in [0.717, 1.165) is 24.4 Å². The lowest BCUT2D eigenvalue weighted by Gasteiger charge is -2.34. The maximum atomic E-state index is 14.0. The lowest BCUT2D eigenvalue weighted by molar-refractivity contribution is -0.161. The Bertz CT molecular complexity index is 1090. The van der Waals surface area contributed by atoms with Crippen LogP contribution in [0.25, 0.3) is 5.57 Å². The van der Waals surface area contributed by atoms with Crippen LogP contribution in [-0.4, -0.2) is 59.1 Å². The largest absolute Gasteiger partial charge is 0.406 e. The van der Waals surface area contributed by atoms with Crippen LogP contribution in [0, 0.1) is 5.92 Å². The summed E-state index contributed by atoms with van der Waals surface area (Å²) in [6.07, 6.45) is -3.55. The number of nitrogens with zero attached hydrogens (tertiary/aromatic N) is 4. The maximum Gasteiger partial charge on any atom is 0.406 e. The molecule has 3 aliphatic rings. The quantitative estimate of drug-likeness (QED) is 0.613. The number of nitrogens with one attached hydrogen (secondary N) is 2. The van der Waals surface area contributed by atoms with Gasteiger partial charge in [0.2, 0.25) is 0 Å². The van der Waals surface area contributed by atoms with Gasteiger partial charge in [0, 0.05) is 18.8 Å². The zero-order valence-corrected chi connectivity index (χ0v) is 18.5. The molecule has 2 fully saturated rings. The van der Waals surface area contributed by atoms with E-state index in [1.54, 1.807) is 37.3 Å². The fourth-order valence-electron chi connectivity index (χ4n) is 5.02. The molecule has 0 aliphatic carbocycles. The molecule has 4 unspecified atom stereocenters. The average Bonchev–Trinajstić information content (AvgIpc) is 3.45. The van der Waals surface area contributed by atoms with E-state index in [1.165, 1.54) is 0 Å². The van der Waals surface area contributed by atoms with Gasteiger partial charge in [-0.3, -0.25) is 4.79 Å². The topological polar surface area (TPSA) is 113 Å². The highest BCUT2D eigenvalue weighted by atomic mass is 19.4. The zero-order chi connectivity index (χ0) is 24.0. The first-order chi connectivity index (χ1) is 16.3. The van der Waals surface area contributed by atoms with E-state index in [4.69, 9.17) is 10.2 Å². The zero-order valence-electron chi connectivity index (χ0n) is 18.5. The number of allylic oxidation sites excluding steroid dienone is 1. The van der Waals surface area contributed by atoms with Crippen molar-refractivity contribution in [3.8, 4) is 0 Å². The third-order valence-corrected chi connectivity index (χ3v) is 6.72. The summed E-state index contributed by atoms with van der Waals surface area (Å²) in [7, 11) is 0. The average molecular weight is 477 g/mol. The minimum absolute atomic E-state index is 0.0353. The molecule has 4 heterocycles. The van der Waals surface area contributed by atoms with Crippen LogP contribution in [0.3, 0.4) is 0 Å². The molecule has 0 radical (unpaired) electrons. The number of anilines is 1. The van der Waals surface area contributed by atoms with E-state index in [2.05, 4.69) is 20.9 Å². The van der Waals surface area contributed by atoms with E-state index in [1.807, 2.05) is 4.90 Å². The lowest BCUT2D eigenvalue weighted by Crippen LogP contribution is -2.54. The van der Waals surface area contributed by atoms with Crippen molar-refractivity contribution in [3.05, 3.63) is 47.5 Å². The number of halogens is 3. The molecule has 1 amide bonds. The first-order valence-corrected chi connectivity index (χ1v) is 11.3. The number of aromatic nitrogens is 2. The third kappa shape index (κ3) is 3.90. The van der Waals surface area contributed by atoms with Gasteiger partial charge in [-0.15, -0.1) is 5.10 Å². The van der Waals surface area contributed by atoms with Gasteiger partial charge in [-0.05, 0) is 37.8 Å². The second-order valence-corrected chi connectivity index (χ2v) is 8.93. The number of hydrazine groups is 1. The normalized spacial score (nSPS) is 27.7. The van der Waals surface area contributed by atoms with Gasteiger partial charge >= 0.3 is 12.2 Å². The number of alkyl halides is 3. The number of amides is 1. The number of carbonyl (C=O) groups excluding carboxylic acids is 1. The van der Waals surface area contributed by atoms with Crippen molar-refractivity contribution in [2.45, 2.75) is 44.1 Å². The highest BCUT2D eigenvalue weighted by Gasteiger charge is 2.58. The monoisotopic (exact) mass is 477 g/mol. The smallest absolute Gasteiger partial charge is 0.403 e. The molecule has 5 rings (SSSR count). The van der Waals surface area contributed by atoms with Crippen LogP contribution < -0.4 is 21.4 Å². The Labute approximate surface area is 194 Å². The molecule has 1 aromatic heterocycles. The fraction of sp³-hybridized carbons (Fsp3) is 0.500. The summed E-state index contributed by atoms with van der Waals surface area (Å²) < 4.78 is 47.7. The van der Waals surface area contributed by atoms with Gasteiger partial charge in [-0.25, -0.2) is 10.4 Å². The lowest BCUT2D eigenvalue weighted by atomic mass is 9.89. The number of carbonyl (C=O) groups is 1. The van der Waals surface area contributed by atoms with Crippen molar-refractivity contribution in [2.24, 2.45) is 11.7 Å². The summed E-state index contributed by atoms with van der Waals surface area (Å²) in [6, 6.07) is 6.69. The molecule has 0 spiro atoms. The second-order valence-electron chi connectivity index (χ2n) is 8.93. The maximum absolute atomic E-state index is 14.0. The summed E-state index contributed by atoms with van der Waals surface area (Å²) in [6.45, 7) is 3.58. The van der Waals surface area contributed by atoms with Crippen molar-refractivity contribution >= 4 is 17.5 Å². The van der Waals surface area contributed by atoms with Gasteiger partial charge in [0.05, 0.1) is 5.92 Å². The fourth-order valence-corrected chi connectivity index (χ4v) is 5.02. The number of hydrogen-bond donors (Lipinski definition) is 3. The van der Waals surface area contributed by atoms with Crippen molar-refractivity contribution in [1.29, 1.82) is 0 Å². The van der Waals surface area contributed by atoms with Gasteiger partial charge in [-0.2, -0.15) is 13.2 Å². The van der Waals surface area contributed by atoms with Crippen molar-refractivity contribution in [1.82, 2.24) is 25.9 Å². The van der Waals surface area contributed by atoms with E-state index < -0.39 is 30.2 Å². The van der Waals surface area contributed by atoms with Crippen LogP contribution in [0.2, 0.25) is 0 Å². The van der Waals surface area contributed by atoms with E-state index in [-0.39, 0.29) is 17.5 Å². The summed E-state index contributed by atoms with van der Waals surface area (Å²) in [5, 5.41) is 12.2. The van der Waals surface area contributed by atoms with Crippen LogP contribution in [0.15, 0.2) is 40.4 Å². The number of hydrogen-bond acceptors (Lipinski definition) is 8. The van der Waals surface area contributed by atoms with Gasteiger partial charge in [0.1, 0.15) is 17.8 Å². The predicted octanol–water partition coefficient (Wildman–Crippen LogP) is 1.97. The SMILES string of the molecule is CC1=C(c2nnc(N3CCCC(CN)C3)o2)C(=O)N2NC(C(F)(F)F)C(c3ccccc3)C2N1. The van der Waals surface area contributed by atoms with Gasteiger partial charge in [0.15, 0.2) is 0 Å². The molecule has 12 heteroatoms. The highest BCUT2D eigenvalue weighted by Crippen LogP contribution is 2.42. The Morgan fingerprint density at radius 2 is 2.00 bits per heavy atom. The number of fused-ring (bicyclic) bond motifs is 1. The van der Waals surface area contributed by atoms with E-state index in [9.17, 15) is 18.0 Å². The third-order valence-electron chi connectivity index (χ3n) is 6.72. The minimum Gasteiger partial charge on any atom is -0.403 e. The summed E-state index contributed by atoms with van der Waals surface area (Å²) in [5.41, 5.74) is 9.08. The Morgan fingerprint density at radius 1 is 1.24 bits per heavy atom. The number of benzene rings is 1. The van der Waals surface area contributed by atoms with Crippen molar-refractivity contribution < 1.29 is 22.4 Å². The first-order valence-electron chi connectivity index (χ1n) is 11.3. The van der Waals surface area contributed by atoms with Crippen molar-refractivity contribution in [2.75, 3.05) is 24.5 Å². The summed E-state index contributed by atoms with van der Waals surface area (Å²) >= 11 is 0. The molecular weight excluding hydrogens is 451 g/mol. The summed E-state index contributed by atoms with van der Waals surface area (Å²) in [5.74, 6) is -1.41. The summed E-state index contributed by atoms with van der Waals surface area (Å²) in [4.78, 5) is 15.3. The highest BCUT2D eigenvalue weighted by molar-refractivity contribution is 6.19. The van der Waals surface area contributed by atoms with Crippen LogP contribution in [-0.2, 0) is 4.79 Å². The van der Waals surface area contributed by atoms with E-state index in [0.29, 0.717) is 30.3 Å². The van der Waals surface area contributed by atoms with Crippen LogP contribution >= 0.6 is 0 Å². The molecule has 4 atom stereocenters. The number of nitrogens with two attached hydrogens (primary N) is 1. The Morgan fingerprint density at radius 3 is 2.71 bits per heavy atom. The van der Waals surface area contributed by atoms with Crippen LogP contribution in [0.1, 0.15) is 37.1 Å². The molecule has 3 aliphatic heterocycles.